The zero-order valence-corrected chi connectivity index (χ0v) is 15.9. The van der Waals surface area contributed by atoms with Gasteiger partial charge in [0, 0.05) is 0 Å². The van der Waals surface area contributed by atoms with E-state index in [9.17, 15) is 0 Å². The first-order chi connectivity index (χ1) is 8.55. The maximum absolute atomic E-state index is 2.27. The largest absolute Gasteiger partial charge is 3.00 e. The molecule has 0 nitrogen and oxygen atoms in total. The van der Waals surface area contributed by atoms with E-state index in [0.717, 1.165) is 0 Å². The number of halogens is 1. The van der Waals surface area contributed by atoms with Crippen LogP contribution in [0.2, 0.25) is 0 Å². The van der Waals surface area contributed by atoms with Crippen molar-refractivity contribution in [2.24, 2.45) is 0 Å². The molecular weight excluding hydrogens is 353 g/mol. The fourth-order valence-electron chi connectivity index (χ4n) is 2.26. The van der Waals surface area contributed by atoms with E-state index in [4.69, 9.17) is 0 Å². The topological polar surface area (TPSA) is 0 Å². The summed E-state index contributed by atoms with van der Waals surface area (Å²) in [4.78, 5) is 0. The molecule has 2 heteroatoms. The van der Waals surface area contributed by atoms with Crippen LogP contribution in [0.25, 0.3) is 0 Å². The van der Waals surface area contributed by atoms with Crippen molar-refractivity contribution >= 4 is 0 Å². The Balaban J connectivity index is 0. The predicted octanol–water partition coefficient (Wildman–Crippen LogP) is 2.35. The molecular formula is C18H27ClRu+2. The van der Waals surface area contributed by atoms with Gasteiger partial charge < -0.3 is 12.4 Å². The van der Waals surface area contributed by atoms with Crippen molar-refractivity contribution in [2.45, 2.75) is 60.3 Å². The first kappa shape index (κ1) is 23.2. The van der Waals surface area contributed by atoms with Crippen molar-refractivity contribution in [1.29, 1.82) is 0 Å². The second-order valence-corrected chi connectivity index (χ2v) is 5.22. The Morgan fingerprint density at radius 3 is 0.800 bits per heavy atom. The maximum Gasteiger partial charge on any atom is 3.00 e. The zero-order chi connectivity index (χ0) is 13.5. The van der Waals surface area contributed by atoms with Gasteiger partial charge in [0.15, 0.2) is 0 Å². The third-order valence-corrected chi connectivity index (χ3v) is 4.15. The van der Waals surface area contributed by atoms with Crippen LogP contribution < -0.4 is 12.4 Å². The van der Waals surface area contributed by atoms with Crippen LogP contribution in [0.15, 0.2) is 0 Å². The van der Waals surface area contributed by atoms with Gasteiger partial charge in [-0.1, -0.05) is 34.6 Å². The smallest absolute Gasteiger partial charge is 1.00 e. The van der Waals surface area contributed by atoms with E-state index in [1.807, 2.05) is 0 Å². The minimum atomic E-state index is 0. The first-order valence-electron chi connectivity index (χ1n) is 7.05. The molecule has 112 valence electrons. The molecule has 0 aliphatic heterocycles. The Bertz CT molecular complexity index is 151. The van der Waals surface area contributed by atoms with E-state index < -0.39 is 0 Å². The molecule has 0 aromatic heterocycles. The molecule has 0 aromatic carbocycles. The van der Waals surface area contributed by atoms with Crippen molar-refractivity contribution in [3.8, 4) is 0 Å². The summed E-state index contributed by atoms with van der Waals surface area (Å²) in [5.74, 6) is 7.34. The Kier molecular flexibility index (Phi) is 14.4. The van der Waals surface area contributed by atoms with Crippen LogP contribution in [0, 0.1) is 55.3 Å². The van der Waals surface area contributed by atoms with E-state index in [1.165, 1.54) is 55.3 Å². The maximum atomic E-state index is 2.27. The monoisotopic (exact) mass is 380 g/mol. The third-order valence-electron chi connectivity index (χ3n) is 4.15. The summed E-state index contributed by atoms with van der Waals surface area (Å²) in [5.41, 5.74) is 0. The summed E-state index contributed by atoms with van der Waals surface area (Å²) in [6.07, 6.45) is 14.0. The summed E-state index contributed by atoms with van der Waals surface area (Å²) >= 11 is 0. The van der Waals surface area contributed by atoms with Crippen LogP contribution in [-0.2, 0) is 19.5 Å². The van der Waals surface area contributed by atoms with E-state index in [1.54, 1.807) is 0 Å². The van der Waals surface area contributed by atoms with E-state index in [-0.39, 0.29) is 31.9 Å². The SMILES string of the molecule is C[C]1[C](C)[C](C)[C](C)[C]1C.[CH]1[CH]CC[CH][CH]CC1.[Cl-].[Ru+3]. The molecule has 0 spiro atoms. The molecule has 0 bridgehead atoms. The van der Waals surface area contributed by atoms with E-state index >= 15 is 0 Å². The van der Waals surface area contributed by atoms with Gasteiger partial charge in [0.1, 0.15) is 0 Å². The van der Waals surface area contributed by atoms with Crippen molar-refractivity contribution in [3.63, 3.8) is 0 Å². The molecule has 10 radical (unpaired) electrons. The van der Waals surface area contributed by atoms with Crippen molar-refractivity contribution in [3.05, 3.63) is 55.3 Å². The predicted molar refractivity (Wildman–Crippen MR) is 80.3 cm³/mol. The fraction of sp³-hybridized carbons (Fsp3) is 0.500. The molecule has 2 saturated carbocycles. The molecule has 0 aromatic rings. The van der Waals surface area contributed by atoms with Gasteiger partial charge in [-0.15, -0.1) is 0 Å². The van der Waals surface area contributed by atoms with Gasteiger partial charge in [-0.2, -0.15) is 0 Å². The molecule has 0 atom stereocenters. The standard InChI is InChI=1S/C10H15.C8H12.ClH.Ru/c1-6-7(2)9(4)10(5)8(6)3;1-2-4-6-8-7-5-3-1;;/h1-5H3;1-2,7-8H,3-6H2;1H;/q;;;+3/p-1. The zero-order valence-electron chi connectivity index (χ0n) is 13.4. The van der Waals surface area contributed by atoms with Crippen LogP contribution in [0.4, 0.5) is 0 Å². The van der Waals surface area contributed by atoms with E-state index in [0.29, 0.717) is 0 Å². The molecule has 0 unspecified atom stereocenters. The molecule has 0 amide bonds. The van der Waals surface area contributed by atoms with Crippen LogP contribution in [0.3, 0.4) is 0 Å². The normalized spacial score (nSPS) is 23.9. The Hall–Kier alpha value is 0.913. The number of hydrogen-bond donors (Lipinski definition) is 0. The molecule has 2 rings (SSSR count). The Labute approximate surface area is 147 Å². The summed E-state index contributed by atoms with van der Waals surface area (Å²) < 4.78 is 0. The molecule has 0 N–H and O–H groups in total. The van der Waals surface area contributed by atoms with Crippen LogP contribution in [-0.4, -0.2) is 0 Å². The minimum Gasteiger partial charge on any atom is -1.00 e. The fourth-order valence-corrected chi connectivity index (χ4v) is 2.26. The molecule has 20 heavy (non-hydrogen) atoms. The van der Waals surface area contributed by atoms with Gasteiger partial charge in [0.2, 0.25) is 0 Å². The van der Waals surface area contributed by atoms with Crippen molar-refractivity contribution in [2.75, 3.05) is 0 Å². The van der Waals surface area contributed by atoms with Crippen LogP contribution >= 0.6 is 0 Å². The van der Waals surface area contributed by atoms with Gasteiger partial charge in [-0.3, -0.25) is 0 Å². The van der Waals surface area contributed by atoms with Gasteiger partial charge >= 0.3 is 19.5 Å². The van der Waals surface area contributed by atoms with Crippen LogP contribution in [0.1, 0.15) is 60.3 Å². The molecule has 0 saturated heterocycles. The first-order valence-corrected chi connectivity index (χ1v) is 7.05. The third kappa shape index (κ3) is 7.26. The number of rotatable bonds is 0. The summed E-state index contributed by atoms with van der Waals surface area (Å²) in [5, 5.41) is 0. The number of hydrogen-bond acceptors (Lipinski definition) is 0. The average Bonchev–Trinajstić information content (AvgIpc) is 2.48. The molecule has 2 fully saturated rings. The summed E-state index contributed by atoms with van der Waals surface area (Å²) in [6.45, 7) is 11.0. The van der Waals surface area contributed by atoms with Crippen molar-refractivity contribution < 1.29 is 31.9 Å². The summed E-state index contributed by atoms with van der Waals surface area (Å²) in [6, 6.07) is 0. The summed E-state index contributed by atoms with van der Waals surface area (Å²) in [7, 11) is 0. The Morgan fingerprint density at radius 1 is 0.500 bits per heavy atom. The van der Waals surface area contributed by atoms with Gasteiger partial charge in [-0.05, 0) is 81.0 Å². The average molecular weight is 380 g/mol. The molecule has 2 aliphatic carbocycles. The Morgan fingerprint density at radius 2 is 0.650 bits per heavy atom. The molecule has 2 aliphatic rings. The van der Waals surface area contributed by atoms with Gasteiger partial charge in [-0.25, -0.2) is 0 Å². The van der Waals surface area contributed by atoms with Crippen molar-refractivity contribution in [1.82, 2.24) is 0 Å². The van der Waals surface area contributed by atoms with Crippen LogP contribution in [0.5, 0.6) is 0 Å². The van der Waals surface area contributed by atoms with Gasteiger partial charge in [0.05, 0.1) is 0 Å². The second-order valence-electron chi connectivity index (χ2n) is 5.22. The van der Waals surface area contributed by atoms with E-state index in [2.05, 4.69) is 60.3 Å². The second kappa shape index (κ2) is 12.5. The molecule has 0 heterocycles. The minimum absolute atomic E-state index is 0. The van der Waals surface area contributed by atoms with Gasteiger partial charge in [0.25, 0.3) is 0 Å². The quantitative estimate of drug-likeness (QED) is 0.567.